The predicted octanol–water partition coefficient (Wildman–Crippen LogP) is 0.718. The highest BCUT2D eigenvalue weighted by Crippen LogP contribution is 2.49. The zero-order chi connectivity index (χ0) is 28.0. The molecule has 2 heterocycles. The van der Waals surface area contributed by atoms with E-state index in [4.69, 9.17) is 9.47 Å². The maximum atomic E-state index is 14.7. The average Bonchev–Trinajstić information content (AvgIpc) is 2.84. The minimum absolute atomic E-state index is 0.0221. The summed E-state index contributed by atoms with van der Waals surface area (Å²) >= 11 is 2.74. The first-order valence-electron chi connectivity index (χ1n) is 11.0. The number of phenols is 3. The van der Waals surface area contributed by atoms with E-state index in [0.29, 0.717) is 25.9 Å². The van der Waals surface area contributed by atoms with Gasteiger partial charge < -0.3 is 60.5 Å². The van der Waals surface area contributed by atoms with E-state index in [2.05, 4.69) is 31.2 Å². The summed E-state index contributed by atoms with van der Waals surface area (Å²) < 4.78 is 24.3. The summed E-state index contributed by atoms with van der Waals surface area (Å²) in [7, 11) is 1.88. The zero-order valence-corrected chi connectivity index (χ0v) is 21.2. The van der Waals surface area contributed by atoms with Crippen molar-refractivity contribution in [2.75, 3.05) is 25.5 Å². The Morgan fingerprint density at radius 2 is 1.61 bits per heavy atom. The maximum absolute atomic E-state index is 14.7. The Morgan fingerprint density at radius 3 is 2.24 bits per heavy atom. The smallest absolute Gasteiger partial charge is 0.453 e. The molecular weight excluding hydrogens is 579 g/mol. The quantitative estimate of drug-likeness (QED) is 0.103. The van der Waals surface area contributed by atoms with Crippen LogP contribution in [0, 0.1) is 11.7 Å². The maximum Gasteiger partial charge on any atom is 0.453 e. The van der Waals surface area contributed by atoms with Crippen molar-refractivity contribution in [3.05, 3.63) is 28.7 Å². The van der Waals surface area contributed by atoms with E-state index in [0.717, 1.165) is 18.5 Å². The number of aromatic hydroxyl groups is 3. The second-order valence-electron chi connectivity index (χ2n) is 8.73. The van der Waals surface area contributed by atoms with Gasteiger partial charge in [-0.3, -0.25) is 0 Å². The fraction of sp³-hybridized carbons (Fsp3) is 0.364. The van der Waals surface area contributed by atoms with Crippen molar-refractivity contribution in [3.63, 3.8) is 0 Å². The summed E-state index contributed by atoms with van der Waals surface area (Å²) in [5, 5.41) is 82.0. The first kappa shape index (κ1) is 27.8. The van der Waals surface area contributed by atoms with Gasteiger partial charge in [-0.1, -0.05) is 0 Å². The van der Waals surface area contributed by atoms with Crippen LogP contribution in [0.15, 0.2) is 22.9 Å². The first-order valence-corrected chi connectivity index (χ1v) is 11.8. The Hall–Kier alpha value is -3.25. The topological polar surface area (TPSA) is 221 Å². The molecule has 0 aliphatic carbocycles. The molecule has 0 saturated carbocycles. The minimum atomic E-state index is -3.72. The van der Waals surface area contributed by atoms with E-state index >= 15 is 0 Å². The number of nitrogens with one attached hydrogen (secondary N) is 1. The highest BCUT2D eigenvalue weighted by molar-refractivity contribution is 9.10. The van der Waals surface area contributed by atoms with E-state index in [-0.39, 0.29) is 16.7 Å². The van der Waals surface area contributed by atoms with Crippen molar-refractivity contribution in [1.82, 2.24) is 14.9 Å². The van der Waals surface area contributed by atoms with Gasteiger partial charge in [-0.05, 0) is 55.0 Å². The largest absolute Gasteiger partial charge is 0.504 e. The predicted molar refractivity (Wildman–Crippen MR) is 130 cm³/mol. The molecule has 14 nitrogen and oxygen atoms in total. The lowest BCUT2D eigenvalue weighted by Gasteiger charge is -2.36. The normalized spacial score (nSPS) is 15.6. The molecule has 0 amide bonds. The van der Waals surface area contributed by atoms with Crippen molar-refractivity contribution in [1.29, 1.82) is 0 Å². The number of ether oxygens (including phenoxy) is 2. The van der Waals surface area contributed by atoms with Crippen LogP contribution in [0.3, 0.4) is 0 Å². The van der Waals surface area contributed by atoms with Gasteiger partial charge in [0, 0.05) is 11.5 Å². The average molecular weight is 603 g/mol. The van der Waals surface area contributed by atoms with Crippen molar-refractivity contribution in [2.24, 2.45) is 5.92 Å². The van der Waals surface area contributed by atoms with Crippen LogP contribution in [0.4, 0.5) is 15.9 Å². The van der Waals surface area contributed by atoms with Gasteiger partial charge in [-0.25, -0.2) is 14.4 Å². The summed E-state index contributed by atoms with van der Waals surface area (Å²) in [6.45, 7) is 1.13. The highest BCUT2D eigenvalue weighted by atomic mass is 79.9. The van der Waals surface area contributed by atoms with E-state index in [9.17, 15) is 45.2 Å². The zero-order valence-electron chi connectivity index (χ0n) is 19.6. The van der Waals surface area contributed by atoms with Gasteiger partial charge in [0.1, 0.15) is 22.3 Å². The molecule has 38 heavy (non-hydrogen) atoms. The second kappa shape index (κ2) is 10.1. The molecule has 0 spiro atoms. The third-order valence-corrected chi connectivity index (χ3v) is 6.76. The van der Waals surface area contributed by atoms with E-state index in [1.165, 1.54) is 0 Å². The van der Waals surface area contributed by atoms with E-state index in [1.54, 1.807) is 0 Å². The van der Waals surface area contributed by atoms with Crippen molar-refractivity contribution in [3.8, 4) is 28.7 Å². The van der Waals surface area contributed by atoms with Crippen LogP contribution in [-0.2, 0) is 0 Å². The SMILES string of the molecule is CN1CCC(C(O)(O)Oc2cc3ncnc(Nc4c(O)c(O)c(Br)c(O)c4F)c3cc2OC(O)(O)O)CC1. The van der Waals surface area contributed by atoms with Crippen LogP contribution in [-0.4, -0.2) is 88.0 Å². The molecule has 3 aromatic rings. The second-order valence-corrected chi connectivity index (χ2v) is 9.52. The summed E-state index contributed by atoms with van der Waals surface area (Å²) in [5.74, 6) is -8.96. The Labute approximate surface area is 221 Å². The Balaban J connectivity index is 1.78. The van der Waals surface area contributed by atoms with Crippen LogP contribution >= 0.6 is 15.9 Å². The van der Waals surface area contributed by atoms with Crippen LogP contribution in [0.25, 0.3) is 10.9 Å². The van der Waals surface area contributed by atoms with Gasteiger partial charge in [0.05, 0.1) is 11.4 Å². The van der Waals surface area contributed by atoms with Crippen molar-refractivity contribution >= 4 is 38.3 Å². The summed E-state index contributed by atoms with van der Waals surface area (Å²) in [6.07, 6.45) is -1.96. The molecule has 0 bridgehead atoms. The van der Waals surface area contributed by atoms with Crippen LogP contribution in [0.5, 0.6) is 28.7 Å². The fourth-order valence-electron chi connectivity index (χ4n) is 3.99. The number of nitrogens with zero attached hydrogens (tertiary/aromatic N) is 3. The lowest BCUT2D eigenvalue weighted by molar-refractivity contribution is -0.420. The molecule has 9 N–H and O–H groups in total. The Bertz CT molecular complexity index is 1330. The number of aromatic nitrogens is 2. The number of benzene rings is 2. The lowest BCUT2D eigenvalue weighted by Crippen LogP contribution is -2.48. The first-order chi connectivity index (χ1) is 17.7. The number of aliphatic hydroxyl groups is 5. The van der Waals surface area contributed by atoms with Gasteiger partial charge in [0.15, 0.2) is 34.6 Å². The fourth-order valence-corrected chi connectivity index (χ4v) is 4.35. The molecule has 0 unspecified atom stereocenters. The number of anilines is 2. The monoisotopic (exact) mass is 602 g/mol. The molecule has 16 heteroatoms. The van der Waals surface area contributed by atoms with Crippen LogP contribution in [0.2, 0.25) is 0 Å². The molecule has 1 fully saturated rings. The molecule has 1 aliphatic rings. The number of fused-ring (bicyclic) bond motifs is 1. The molecule has 0 radical (unpaired) electrons. The molecule has 206 valence electrons. The number of rotatable bonds is 7. The van der Waals surface area contributed by atoms with Crippen LogP contribution < -0.4 is 14.8 Å². The van der Waals surface area contributed by atoms with Crippen LogP contribution in [0.1, 0.15) is 12.8 Å². The highest BCUT2D eigenvalue weighted by Gasteiger charge is 2.40. The third kappa shape index (κ3) is 5.60. The number of hydrogen-bond acceptors (Lipinski definition) is 14. The molecule has 1 aliphatic heterocycles. The van der Waals surface area contributed by atoms with E-state index < -0.39 is 62.8 Å². The summed E-state index contributed by atoms with van der Waals surface area (Å²) in [6, 6.07) is 2.11. The molecule has 0 atom stereocenters. The number of phenolic OH excluding ortho intramolecular Hbond substituents is 3. The number of halogens is 2. The van der Waals surface area contributed by atoms with E-state index in [1.807, 2.05) is 11.9 Å². The summed E-state index contributed by atoms with van der Waals surface area (Å²) in [4.78, 5) is 9.94. The van der Waals surface area contributed by atoms with Crippen molar-refractivity contribution in [2.45, 2.75) is 25.0 Å². The van der Waals surface area contributed by atoms with Gasteiger partial charge in [-0.2, -0.15) is 0 Å². The minimum Gasteiger partial charge on any atom is -0.504 e. The third-order valence-electron chi connectivity index (χ3n) is 6.01. The van der Waals surface area contributed by atoms with Gasteiger partial charge in [0.25, 0.3) is 0 Å². The molecular formula is C22H24BrFN4O10. The molecule has 1 aromatic heterocycles. The van der Waals surface area contributed by atoms with Gasteiger partial charge in [-0.15, -0.1) is 0 Å². The Morgan fingerprint density at radius 1 is 0.974 bits per heavy atom. The van der Waals surface area contributed by atoms with Gasteiger partial charge in [0.2, 0.25) is 0 Å². The lowest BCUT2D eigenvalue weighted by atomic mass is 9.94. The molecule has 1 saturated heterocycles. The standard InChI is InChI=1S/C22H24BrFN4O10/c1-28-4-2-9(3-5-28)21(32,33)37-13-7-11-10(6-12(13)38-22(34,35)36)20(26-8-25-11)27-16-15(24)17(29)14(23)18(30)19(16)31/h6-9,29-36H,2-5H2,1H3,(H,25,26,27). The molecule has 4 rings (SSSR count). The summed E-state index contributed by atoms with van der Waals surface area (Å²) in [5.41, 5.74) is -0.743. The van der Waals surface area contributed by atoms with Gasteiger partial charge >= 0.3 is 12.1 Å². The number of piperidine rings is 1. The number of likely N-dealkylation sites (tertiary alicyclic amines) is 1. The molecule has 2 aromatic carbocycles. The van der Waals surface area contributed by atoms with Crippen molar-refractivity contribution < 1.29 is 54.7 Å². The number of hydrogen-bond donors (Lipinski definition) is 9. The Kier molecular flexibility index (Phi) is 7.41.